The lowest BCUT2D eigenvalue weighted by Crippen LogP contribution is -2.06. The molecule has 0 saturated heterocycles. The highest BCUT2D eigenvalue weighted by molar-refractivity contribution is 5.85. The van der Waals surface area contributed by atoms with Crippen molar-refractivity contribution in [2.45, 2.75) is 26.2 Å². The maximum absolute atomic E-state index is 10.5. The van der Waals surface area contributed by atoms with E-state index in [1.54, 1.807) is 12.2 Å². The van der Waals surface area contributed by atoms with Gasteiger partial charge in [0.05, 0.1) is 13.2 Å². The molecule has 0 bridgehead atoms. The van der Waals surface area contributed by atoms with Crippen LogP contribution in [0.2, 0.25) is 0 Å². The van der Waals surface area contributed by atoms with Crippen LogP contribution >= 0.6 is 0 Å². The maximum Gasteiger partial charge on any atom is 0.328 e. The molecule has 31 heavy (non-hydrogen) atoms. The summed E-state index contributed by atoms with van der Waals surface area (Å²) in [6, 6.07) is 14.6. The lowest BCUT2D eigenvalue weighted by Gasteiger charge is -2.13. The molecule has 6 heteroatoms. The fourth-order valence-corrected chi connectivity index (χ4v) is 2.83. The topological polar surface area (TPSA) is 93.1 Å². The molecule has 2 aromatic rings. The van der Waals surface area contributed by atoms with Gasteiger partial charge in [0.25, 0.3) is 0 Å². The van der Waals surface area contributed by atoms with Crippen LogP contribution in [0.25, 0.3) is 12.2 Å². The third kappa shape index (κ3) is 10.2. The number of benzene rings is 2. The van der Waals surface area contributed by atoms with Gasteiger partial charge in [-0.2, -0.15) is 0 Å². The average molecular weight is 424 g/mol. The van der Waals surface area contributed by atoms with Gasteiger partial charge in [0.2, 0.25) is 0 Å². The van der Waals surface area contributed by atoms with E-state index in [-0.39, 0.29) is 0 Å². The normalized spacial score (nSPS) is 12.2. The van der Waals surface area contributed by atoms with E-state index in [1.165, 1.54) is 0 Å². The SMILES string of the molecule is CC(CCCOc1ccc(C=CC(=O)O)cc1)CCOc1ccc(C=CC(=O)O)cc1. The quantitative estimate of drug-likeness (QED) is 0.341. The molecule has 0 saturated carbocycles. The summed E-state index contributed by atoms with van der Waals surface area (Å²) in [5.74, 6) is 0.103. The summed E-state index contributed by atoms with van der Waals surface area (Å²) in [6.45, 7) is 3.44. The lowest BCUT2D eigenvalue weighted by atomic mass is 10.0. The minimum Gasteiger partial charge on any atom is -0.494 e. The first-order chi connectivity index (χ1) is 14.9. The van der Waals surface area contributed by atoms with E-state index in [2.05, 4.69) is 6.92 Å². The number of aliphatic carboxylic acids is 2. The van der Waals surface area contributed by atoms with Crippen molar-refractivity contribution in [2.24, 2.45) is 5.92 Å². The summed E-state index contributed by atoms with van der Waals surface area (Å²) in [6.07, 6.45) is 8.20. The largest absolute Gasteiger partial charge is 0.494 e. The van der Waals surface area contributed by atoms with Gasteiger partial charge in [-0.05, 0) is 72.7 Å². The zero-order valence-electron chi connectivity index (χ0n) is 17.6. The summed E-state index contributed by atoms with van der Waals surface area (Å²) in [4.78, 5) is 21.0. The lowest BCUT2D eigenvalue weighted by molar-refractivity contribution is -0.132. The van der Waals surface area contributed by atoms with E-state index >= 15 is 0 Å². The van der Waals surface area contributed by atoms with Gasteiger partial charge in [-0.25, -0.2) is 9.59 Å². The van der Waals surface area contributed by atoms with Crippen LogP contribution in [0.3, 0.4) is 0 Å². The highest BCUT2D eigenvalue weighted by Crippen LogP contribution is 2.17. The number of hydrogen-bond donors (Lipinski definition) is 2. The number of ether oxygens (including phenoxy) is 2. The zero-order chi connectivity index (χ0) is 22.5. The smallest absolute Gasteiger partial charge is 0.328 e. The van der Waals surface area contributed by atoms with E-state index in [0.29, 0.717) is 19.1 Å². The van der Waals surface area contributed by atoms with Crippen LogP contribution in [0.4, 0.5) is 0 Å². The van der Waals surface area contributed by atoms with Gasteiger partial charge in [-0.3, -0.25) is 0 Å². The fraction of sp³-hybridized carbons (Fsp3) is 0.280. The summed E-state index contributed by atoms with van der Waals surface area (Å²) in [5, 5.41) is 17.3. The molecule has 2 N–H and O–H groups in total. The second kappa shape index (κ2) is 12.9. The molecule has 1 atom stereocenters. The van der Waals surface area contributed by atoms with Gasteiger partial charge in [0.1, 0.15) is 11.5 Å². The molecule has 0 heterocycles. The van der Waals surface area contributed by atoms with Crippen LogP contribution < -0.4 is 9.47 Å². The van der Waals surface area contributed by atoms with Crippen molar-refractivity contribution >= 4 is 24.1 Å². The van der Waals surface area contributed by atoms with Crippen molar-refractivity contribution < 1.29 is 29.3 Å². The van der Waals surface area contributed by atoms with Gasteiger partial charge in [-0.1, -0.05) is 31.2 Å². The first-order valence-corrected chi connectivity index (χ1v) is 10.2. The van der Waals surface area contributed by atoms with Crippen molar-refractivity contribution in [3.63, 3.8) is 0 Å². The van der Waals surface area contributed by atoms with Crippen molar-refractivity contribution in [1.82, 2.24) is 0 Å². The molecular weight excluding hydrogens is 396 g/mol. The Kier molecular flexibility index (Phi) is 9.88. The Morgan fingerprint density at radius 2 is 1.23 bits per heavy atom. The van der Waals surface area contributed by atoms with Crippen LogP contribution in [-0.4, -0.2) is 35.4 Å². The molecule has 2 rings (SSSR count). The Morgan fingerprint density at radius 3 is 1.68 bits per heavy atom. The van der Waals surface area contributed by atoms with E-state index in [4.69, 9.17) is 19.7 Å². The molecule has 0 spiro atoms. The number of carboxylic acids is 2. The van der Waals surface area contributed by atoms with Gasteiger partial charge in [-0.15, -0.1) is 0 Å². The van der Waals surface area contributed by atoms with Crippen molar-refractivity contribution in [2.75, 3.05) is 13.2 Å². The van der Waals surface area contributed by atoms with Crippen molar-refractivity contribution in [1.29, 1.82) is 0 Å². The predicted octanol–water partition coefficient (Wildman–Crippen LogP) is 5.15. The van der Waals surface area contributed by atoms with E-state index < -0.39 is 11.9 Å². The Hall–Kier alpha value is -3.54. The first-order valence-electron chi connectivity index (χ1n) is 10.2. The second-order valence-corrected chi connectivity index (χ2v) is 7.21. The molecule has 0 aromatic heterocycles. The average Bonchev–Trinajstić information content (AvgIpc) is 2.75. The zero-order valence-corrected chi connectivity index (χ0v) is 17.6. The summed E-state index contributed by atoms with van der Waals surface area (Å²) >= 11 is 0. The van der Waals surface area contributed by atoms with Gasteiger partial charge < -0.3 is 19.7 Å². The Labute approximate surface area is 182 Å². The fourth-order valence-electron chi connectivity index (χ4n) is 2.83. The number of carboxylic acid groups (broad SMARTS) is 2. The molecule has 0 aliphatic rings. The summed E-state index contributed by atoms with van der Waals surface area (Å²) in [7, 11) is 0. The highest BCUT2D eigenvalue weighted by atomic mass is 16.5. The molecule has 0 amide bonds. The Morgan fingerprint density at radius 1 is 0.774 bits per heavy atom. The molecule has 6 nitrogen and oxygen atoms in total. The van der Waals surface area contributed by atoms with E-state index in [9.17, 15) is 9.59 Å². The third-order valence-electron chi connectivity index (χ3n) is 4.59. The van der Waals surface area contributed by atoms with E-state index in [0.717, 1.165) is 54.0 Å². The third-order valence-corrected chi connectivity index (χ3v) is 4.59. The standard InChI is InChI=1S/C25H28O6/c1-19(16-18-31-23-12-6-21(7-13-23)9-15-25(28)29)3-2-17-30-22-10-4-20(5-11-22)8-14-24(26)27/h4-15,19H,2-3,16-18H2,1H3,(H,26,27)(H,28,29). The highest BCUT2D eigenvalue weighted by Gasteiger charge is 2.04. The molecule has 2 aromatic carbocycles. The van der Waals surface area contributed by atoms with Crippen LogP contribution in [0.1, 0.15) is 37.3 Å². The Balaban J connectivity index is 1.60. The van der Waals surface area contributed by atoms with Crippen LogP contribution in [0.5, 0.6) is 11.5 Å². The summed E-state index contributed by atoms with van der Waals surface area (Å²) < 4.78 is 11.5. The number of hydrogen-bond acceptors (Lipinski definition) is 4. The minimum atomic E-state index is -0.969. The molecule has 0 radical (unpaired) electrons. The van der Waals surface area contributed by atoms with Gasteiger partial charge >= 0.3 is 11.9 Å². The summed E-state index contributed by atoms with van der Waals surface area (Å²) in [5.41, 5.74) is 1.63. The molecule has 1 unspecified atom stereocenters. The molecule has 0 fully saturated rings. The van der Waals surface area contributed by atoms with Crippen LogP contribution in [-0.2, 0) is 9.59 Å². The van der Waals surface area contributed by atoms with Crippen LogP contribution in [0, 0.1) is 5.92 Å². The monoisotopic (exact) mass is 424 g/mol. The molecule has 164 valence electrons. The van der Waals surface area contributed by atoms with E-state index in [1.807, 2.05) is 48.5 Å². The minimum absolute atomic E-state index is 0.505. The molecule has 0 aliphatic heterocycles. The predicted molar refractivity (Wildman–Crippen MR) is 120 cm³/mol. The number of carbonyl (C=O) groups is 2. The number of rotatable bonds is 13. The van der Waals surface area contributed by atoms with Crippen molar-refractivity contribution in [3.8, 4) is 11.5 Å². The molecular formula is C25H28O6. The van der Waals surface area contributed by atoms with Gasteiger partial charge in [0.15, 0.2) is 0 Å². The van der Waals surface area contributed by atoms with Crippen molar-refractivity contribution in [3.05, 3.63) is 71.8 Å². The first kappa shape index (κ1) is 23.7. The maximum atomic E-state index is 10.5. The second-order valence-electron chi connectivity index (χ2n) is 7.21. The van der Waals surface area contributed by atoms with Crippen LogP contribution in [0.15, 0.2) is 60.7 Å². The molecule has 0 aliphatic carbocycles. The Bertz CT molecular complexity index is 881. The van der Waals surface area contributed by atoms with Gasteiger partial charge in [0, 0.05) is 12.2 Å².